The van der Waals surface area contributed by atoms with Crippen molar-refractivity contribution in [1.82, 2.24) is 0 Å². The molecule has 0 spiro atoms. The molecule has 0 saturated carbocycles. The van der Waals surface area contributed by atoms with Crippen LogP contribution in [-0.2, 0) is 6.42 Å². The summed E-state index contributed by atoms with van der Waals surface area (Å²) in [4.78, 5) is 13.0. The van der Waals surface area contributed by atoms with E-state index in [0.29, 0.717) is 16.9 Å². The Morgan fingerprint density at radius 1 is 1.07 bits per heavy atom. The first-order valence-electron chi connectivity index (χ1n) is 8.38. The van der Waals surface area contributed by atoms with Crippen LogP contribution in [0.5, 0.6) is 23.0 Å². The lowest BCUT2D eigenvalue weighted by Crippen LogP contribution is -2.39. The van der Waals surface area contributed by atoms with E-state index in [-0.39, 0.29) is 34.5 Å². The molecule has 2 heterocycles. The fourth-order valence-corrected chi connectivity index (χ4v) is 3.33. The first kappa shape index (κ1) is 17.2. The minimum absolute atomic E-state index is 0.0125. The first-order chi connectivity index (χ1) is 12.7. The van der Waals surface area contributed by atoms with Crippen molar-refractivity contribution in [3.63, 3.8) is 0 Å². The fraction of sp³-hybridized carbons (Fsp3) is 0.250. The largest absolute Gasteiger partial charge is 0.508 e. The van der Waals surface area contributed by atoms with Crippen LogP contribution in [0.3, 0.4) is 0 Å². The molecule has 140 valence electrons. The standard InChI is InChI=1S/C20H18O7/c1-20(2,25)16-7-11-13(22)4-3-10(19(11)27-16)12-8-26-15-6-9(21)5-14(23)17(15)18(12)24/h3-6,8,16,21-23,25H,7H2,1-2H3/t16-/m1/s1. The molecule has 1 atom stereocenters. The molecular formula is C20H18O7. The summed E-state index contributed by atoms with van der Waals surface area (Å²) in [5.41, 5.74) is -0.584. The average Bonchev–Trinajstić information content (AvgIpc) is 3.02. The van der Waals surface area contributed by atoms with E-state index >= 15 is 0 Å². The molecule has 7 heteroatoms. The number of hydrogen-bond donors (Lipinski definition) is 4. The molecule has 1 aliphatic heterocycles. The van der Waals surface area contributed by atoms with Crippen LogP contribution in [0.25, 0.3) is 22.1 Å². The zero-order chi connectivity index (χ0) is 19.5. The van der Waals surface area contributed by atoms with Gasteiger partial charge in [-0.1, -0.05) is 0 Å². The molecule has 0 aliphatic carbocycles. The van der Waals surface area contributed by atoms with Crippen LogP contribution in [-0.4, -0.2) is 32.1 Å². The van der Waals surface area contributed by atoms with Gasteiger partial charge in [0.25, 0.3) is 0 Å². The van der Waals surface area contributed by atoms with Gasteiger partial charge in [0.2, 0.25) is 5.43 Å². The van der Waals surface area contributed by atoms with Gasteiger partial charge >= 0.3 is 0 Å². The van der Waals surface area contributed by atoms with Gasteiger partial charge in [-0.15, -0.1) is 0 Å². The second kappa shape index (κ2) is 5.65. The Morgan fingerprint density at radius 3 is 2.52 bits per heavy atom. The molecular weight excluding hydrogens is 352 g/mol. The molecule has 0 bridgehead atoms. The van der Waals surface area contributed by atoms with Crippen molar-refractivity contribution in [1.29, 1.82) is 0 Å². The van der Waals surface area contributed by atoms with Gasteiger partial charge in [0.1, 0.15) is 46.3 Å². The van der Waals surface area contributed by atoms with Gasteiger partial charge in [0, 0.05) is 29.7 Å². The van der Waals surface area contributed by atoms with Crippen LogP contribution in [0, 0.1) is 0 Å². The van der Waals surface area contributed by atoms with Crippen molar-refractivity contribution in [2.24, 2.45) is 0 Å². The van der Waals surface area contributed by atoms with Crippen molar-refractivity contribution in [3.05, 3.63) is 46.3 Å². The van der Waals surface area contributed by atoms with Gasteiger partial charge in [-0.2, -0.15) is 0 Å². The highest BCUT2D eigenvalue weighted by molar-refractivity contribution is 5.89. The lowest BCUT2D eigenvalue weighted by atomic mass is 9.95. The maximum Gasteiger partial charge on any atom is 0.204 e. The molecule has 3 aromatic rings. The molecule has 1 aromatic heterocycles. The van der Waals surface area contributed by atoms with Gasteiger partial charge in [-0.3, -0.25) is 4.79 Å². The van der Waals surface area contributed by atoms with E-state index in [1.54, 1.807) is 13.8 Å². The van der Waals surface area contributed by atoms with Crippen LogP contribution < -0.4 is 10.2 Å². The van der Waals surface area contributed by atoms with Crippen molar-refractivity contribution < 1.29 is 29.6 Å². The summed E-state index contributed by atoms with van der Waals surface area (Å²) < 4.78 is 11.3. The molecule has 4 N–H and O–H groups in total. The van der Waals surface area contributed by atoms with E-state index in [9.17, 15) is 25.2 Å². The monoisotopic (exact) mass is 370 g/mol. The predicted molar refractivity (Wildman–Crippen MR) is 97.3 cm³/mol. The average molecular weight is 370 g/mol. The maximum atomic E-state index is 13.0. The van der Waals surface area contributed by atoms with E-state index in [2.05, 4.69) is 0 Å². The molecule has 27 heavy (non-hydrogen) atoms. The number of hydrogen-bond acceptors (Lipinski definition) is 7. The van der Waals surface area contributed by atoms with Gasteiger partial charge in [-0.05, 0) is 26.0 Å². The molecule has 0 unspecified atom stereocenters. The van der Waals surface area contributed by atoms with Gasteiger partial charge in [0.15, 0.2) is 0 Å². The van der Waals surface area contributed by atoms with Crippen molar-refractivity contribution in [2.75, 3.05) is 0 Å². The molecule has 0 saturated heterocycles. The molecule has 7 nitrogen and oxygen atoms in total. The van der Waals surface area contributed by atoms with E-state index in [1.807, 2.05) is 0 Å². The van der Waals surface area contributed by atoms with Gasteiger partial charge in [-0.25, -0.2) is 0 Å². The Hall–Kier alpha value is -3.19. The number of aliphatic hydroxyl groups is 1. The Bertz CT molecular complexity index is 1120. The molecule has 4 rings (SSSR count). The topological polar surface area (TPSA) is 120 Å². The predicted octanol–water partition coefficient (Wildman–Crippen LogP) is 2.65. The van der Waals surface area contributed by atoms with E-state index < -0.39 is 22.9 Å². The molecule has 0 radical (unpaired) electrons. The summed E-state index contributed by atoms with van der Waals surface area (Å²) in [6.45, 7) is 3.21. The fourth-order valence-electron chi connectivity index (χ4n) is 3.33. The summed E-state index contributed by atoms with van der Waals surface area (Å²) in [6.07, 6.45) is 0.922. The van der Waals surface area contributed by atoms with Gasteiger partial charge < -0.3 is 29.6 Å². The maximum absolute atomic E-state index is 13.0. The number of rotatable bonds is 2. The van der Waals surface area contributed by atoms with Crippen molar-refractivity contribution >= 4 is 11.0 Å². The minimum atomic E-state index is -1.15. The second-order valence-electron chi connectivity index (χ2n) is 7.22. The molecule has 1 aliphatic rings. The van der Waals surface area contributed by atoms with E-state index in [4.69, 9.17) is 9.15 Å². The smallest absolute Gasteiger partial charge is 0.204 e. The first-order valence-corrected chi connectivity index (χ1v) is 8.38. The van der Waals surface area contributed by atoms with Crippen LogP contribution in [0.1, 0.15) is 19.4 Å². The summed E-state index contributed by atoms with van der Waals surface area (Å²) in [5.74, 6) is -0.311. The van der Waals surface area contributed by atoms with Crippen molar-refractivity contribution in [3.8, 4) is 34.1 Å². The normalized spacial score (nSPS) is 16.3. The van der Waals surface area contributed by atoms with Crippen LogP contribution in [0.15, 0.2) is 39.7 Å². The second-order valence-corrected chi connectivity index (χ2v) is 7.22. The zero-order valence-electron chi connectivity index (χ0n) is 14.7. The summed E-state index contributed by atoms with van der Waals surface area (Å²) in [7, 11) is 0. The molecule has 0 amide bonds. The highest BCUT2D eigenvalue weighted by Crippen LogP contribution is 2.44. The van der Waals surface area contributed by atoms with Crippen molar-refractivity contribution in [2.45, 2.75) is 32.0 Å². The third kappa shape index (κ3) is 2.67. The number of benzene rings is 2. The number of phenolic OH excluding ortho intramolecular Hbond substituents is 3. The number of fused-ring (bicyclic) bond motifs is 2. The Labute approximate surface area is 153 Å². The van der Waals surface area contributed by atoms with E-state index in [0.717, 1.165) is 6.07 Å². The lowest BCUT2D eigenvalue weighted by molar-refractivity contribution is -0.0227. The van der Waals surface area contributed by atoms with Gasteiger partial charge in [0.05, 0.1) is 11.2 Å². The summed E-state index contributed by atoms with van der Waals surface area (Å²) in [5, 5.41) is 40.0. The Morgan fingerprint density at radius 2 is 1.81 bits per heavy atom. The third-order valence-corrected chi connectivity index (χ3v) is 4.81. The zero-order valence-corrected chi connectivity index (χ0v) is 14.7. The Balaban J connectivity index is 1.94. The summed E-state index contributed by atoms with van der Waals surface area (Å²) >= 11 is 0. The highest BCUT2D eigenvalue weighted by atomic mass is 16.5. The quantitative estimate of drug-likeness (QED) is 0.547. The Kier molecular flexibility index (Phi) is 3.61. The SMILES string of the molecule is CC(C)(O)[C@H]1Cc2c(O)ccc(-c3coc4cc(O)cc(O)c4c3=O)c2O1. The summed E-state index contributed by atoms with van der Waals surface area (Å²) in [6, 6.07) is 5.27. The number of aromatic hydroxyl groups is 3. The van der Waals surface area contributed by atoms with E-state index in [1.165, 1.54) is 24.5 Å². The number of phenols is 3. The van der Waals surface area contributed by atoms with Crippen LogP contribution in [0.4, 0.5) is 0 Å². The van der Waals surface area contributed by atoms with Crippen LogP contribution in [0.2, 0.25) is 0 Å². The molecule has 2 aromatic carbocycles. The van der Waals surface area contributed by atoms with Crippen LogP contribution >= 0.6 is 0 Å². The lowest BCUT2D eigenvalue weighted by Gasteiger charge is -2.24. The third-order valence-electron chi connectivity index (χ3n) is 4.81. The number of ether oxygens (including phenoxy) is 1. The minimum Gasteiger partial charge on any atom is -0.508 e. The molecule has 0 fully saturated rings. The highest BCUT2D eigenvalue weighted by Gasteiger charge is 2.38.